The molecule has 0 bridgehead atoms. The molecule has 6 heteroatoms. The molecule has 1 aliphatic heterocycles. The average molecular weight is 414 g/mol. The minimum Gasteiger partial charge on any atom is -0.497 e. The number of fused-ring (bicyclic) bond motifs is 1. The zero-order valence-electron chi connectivity index (χ0n) is 19.0. The summed E-state index contributed by atoms with van der Waals surface area (Å²) in [5.41, 5.74) is 3.79. The van der Waals surface area contributed by atoms with E-state index in [-0.39, 0.29) is 0 Å². The van der Waals surface area contributed by atoms with Gasteiger partial charge in [0.15, 0.2) is 11.5 Å². The van der Waals surface area contributed by atoms with Crippen LogP contribution in [0.2, 0.25) is 0 Å². The summed E-state index contributed by atoms with van der Waals surface area (Å²) in [6.07, 6.45) is 0. The lowest BCUT2D eigenvalue weighted by atomic mass is 10.1. The topological polar surface area (TPSA) is 37.4 Å². The Morgan fingerprint density at radius 1 is 0.900 bits per heavy atom. The predicted octanol–water partition coefficient (Wildman–Crippen LogP) is 3.83. The maximum absolute atomic E-state index is 5.58. The summed E-state index contributed by atoms with van der Waals surface area (Å²) < 4.78 is 16.4. The van der Waals surface area contributed by atoms with Gasteiger partial charge >= 0.3 is 0 Å². The van der Waals surface area contributed by atoms with Crippen molar-refractivity contribution in [3.05, 3.63) is 47.5 Å². The number of methoxy groups -OCH3 is 3. The predicted molar refractivity (Wildman–Crippen MR) is 122 cm³/mol. The zero-order valence-corrected chi connectivity index (χ0v) is 19.0. The number of likely N-dealkylation sites (N-methyl/N-ethyl adjacent to an activating group) is 1. The fraction of sp³-hybridized carbons (Fsp3) is 0.500. The fourth-order valence-corrected chi connectivity index (χ4v) is 4.03. The number of hydrogen-bond acceptors (Lipinski definition) is 6. The number of nitrogens with zero attached hydrogens (tertiary/aromatic N) is 3. The van der Waals surface area contributed by atoms with Crippen LogP contribution >= 0.6 is 0 Å². The summed E-state index contributed by atoms with van der Waals surface area (Å²) in [6, 6.07) is 12.6. The number of hydrogen-bond donors (Lipinski definition) is 0. The molecule has 0 N–H and O–H groups in total. The monoisotopic (exact) mass is 413 g/mol. The van der Waals surface area contributed by atoms with Crippen LogP contribution in [0.25, 0.3) is 0 Å². The Labute approximate surface area is 180 Å². The normalized spacial score (nSPS) is 14.0. The van der Waals surface area contributed by atoms with Crippen molar-refractivity contribution in [2.45, 2.75) is 26.9 Å². The Hall–Kier alpha value is -2.44. The van der Waals surface area contributed by atoms with Gasteiger partial charge in [0.25, 0.3) is 0 Å². The van der Waals surface area contributed by atoms with Crippen molar-refractivity contribution < 1.29 is 14.2 Å². The van der Waals surface area contributed by atoms with Gasteiger partial charge in [-0.05, 0) is 42.4 Å². The van der Waals surface area contributed by atoms with E-state index in [1.54, 1.807) is 21.3 Å². The molecule has 0 fully saturated rings. The van der Waals surface area contributed by atoms with Crippen molar-refractivity contribution in [2.24, 2.45) is 0 Å². The Morgan fingerprint density at radius 2 is 1.57 bits per heavy atom. The first-order valence-electron chi connectivity index (χ1n) is 10.7. The number of anilines is 1. The van der Waals surface area contributed by atoms with Crippen LogP contribution in [-0.4, -0.2) is 64.0 Å². The molecule has 2 aromatic rings. The van der Waals surface area contributed by atoms with E-state index in [1.165, 1.54) is 16.8 Å². The molecular formula is C24H35N3O3. The summed E-state index contributed by atoms with van der Waals surface area (Å²) >= 11 is 0. The molecule has 3 rings (SSSR count). The van der Waals surface area contributed by atoms with E-state index >= 15 is 0 Å². The third-order valence-corrected chi connectivity index (χ3v) is 5.84. The Bertz CT molecular complexity index is 806. The van der Waals surface area contributed by atoms with E-state index in [0.717, 1.165) is 63.2 Å². The van der Waals surface area contributed by atoms with Gasteiger partial charge in [-0.1, -0.05) is 26.0 Å². The van der Waals surface area contributed by atoms with Crippen molar-refractivity contribution in [2.75, 3.05) is 59.1 Å². The smallest absolute Gasteiger partial charge is 0.162 e. The van der Waals surface area contributed by atoms with Gasteiger partial charge in [-0.15, -0.1) is 0 Å². The number of rotatable bonds is 10. The van der Waals surface area contributed by atoms with Crippen molar-refractivity contribution >= 4 is 5.69 Å². The summed E-state index contributed by atoms with van der Waals surface area (Å²) in [5.74, 6) is 2.46. The van der Waals surface area contributed by atoms with E-state index in [1.807, 2.05) is 12.1 Å². The molecule has 1 aliphatic rings. The summed E-state index contributed by atoms with van der Waals surface area (Å²) in [7, 11) is 5.09. The van der Waals surface area contributed by atoms with Crippen LogP contribution in [0.5, 0.6) is 17.2 Å². The Balaban J connectivity index is 1.84. The molecule has 0 radical (unpaired) electrons. The number of ether oxygens (including phenoxy) is 3. The van der Waals surface area contributed by atoms with E-state index in [9.17, 15) is 0 Å². The van der Waals surface area contributed by atoms with Gasteiger partial charge in [0.1, 0.15) is 5.75 Å². The highest BCUT2D eigenvalue weighted by atomic mass is 16.5. The van der Waals surface area contributed by atoms with Crippen LogP contribution in [0.15, 0.2) is 36.4 Å². The van der Waals surface area contributed by atoms with Gasteiger partial charge in [0.05, 0.1) is 28.0 Å². The Kier molecular flexibility index (Phi) is 7.82. The molecule has 0 amide bonds. The van der Waals surface area contributed by atoms with Crippen LogP contribution in [0.3, 0.4) is 0 Å². The highest BCUT2D eigenvalue weighted by Crippen LogP contribution is 2.38. The minimum absolute atomic E-state index is 0.784. The third-order valence-electron chi connectivity index (χ3n) is 5.84. The van der Waals surface area contributed by atoms with E-state index in [4.69, 9.17) is 14.2 Å². The molecule has 6 nitrogen and oxygen atoms in total. The molecule has 0 saturated carbocycles. The van der Waals surface area contributed by atoms with Gasteiger partial charge in [0.2, 0.25) is 0 Å². The van der Waals surface area contributed by atoms with E-state index in [2.05, 4.69) is 52.8 Å². The lowest BCUT2D eigenvalue weighted by Gasteiger charge is -2.39. The second-order valence-electron chi connectivity index (χ2n) is 7.60. The van der Waals surface area contributed by atoms with Crippen molar-refractivity contribution in [1.29, 1.82) is 0 Å². The first-order chi connectivity index (χ1) is 14.6. The lowest BCUT2D eigenvalue weighted by molar-refractivity contribution is 0.233. The maximum Gasteiger partial charge on any atom is 0.162 e. The van der Waals surface area contributed by atoms with E-state index < -0.39 is 0 Å². The molecule has 164 valence electrons. The second kappa shape index (κ2) is 10.5. The molecule has 30 heavy (non-hydrogen) atoms. The van der Waals surface area contributed by atoms with Gasteiger partial charge in [-0.2, -0.15) is 0 Å². The third kappa shape index (κ3) is 5.18. The largest absolute Gasteiger partial charge is 0.497 e. The van der Waals surface area contributed by atoms with Crippen molar-refractivity contribution in [3.63, 3.8) is 0 Å². The van der Waals surface area contributed by atoms with Gasteiger partial charge in [-0.25, -0.2) is 0 Å². The molecule has 0 atom stereocenters. The molecule has 2 aromatic carbocycles. The van der Waals surface area contributed by atoms with Gasteiger partial charge in [0, 0.05) is 37.9 Å². The molecule has 0 unspecified atom stereocenters. The second-order valence-corrected chi connectivity index (χ2v) is 7.60. The molecule has 0 saturated heterocycles. The molecule has 0 spiro atoms. The summed E-state index contributed by atoms with van der Waals surface area (Å²) in [5, 5.41) is 0. The standard InChI is InChI=1S/C24H35N3O3/c1-6-25(7-2)12-13-27-18-26(16-19-8-10-21(28-3)11-9-19)17-20-14-23(29-4)24(30-5)15-22(20)27/h8-11,14-15H,6-7,12-13,16-18H2,1-5H3. The zero-order chi connectivity index (χ0) is 21.5. The van der Waals surface area contributed by atoms with Crippen molar-refractivity contribution in [3.8, 4) is 17.2 Å². The number of benzene rings is 2. The van der Waals surface area contributed by atoms with E-state index in [0.29, 0.717) is 0 Å². The van der Waals surface area contributed by atoms with Crippen LogP contribution in [-0.2, 0) is 13.1 Å². The molecule has 0 aromatic heterocycles. The highest BCUT2D eigenvalue weighted by Gasteiger charge is 2.25. The highest BCUT2D eigenvalue weighted by molar-refractivity contribution is 5.63. The first-order valence-corrected chi connectivity index (χ1v) is 10.7. The van der Waals surface area contributed by atoms with Crippen LogP contribution in [0.4, 0.5) is 5.69 Å². The molecular weight excluding hydrogens is 378 g/mol. The quantitative estimate of drug-likeness (QED) is 0.589. The van der Waals surface area contributed by atoms with Crippen LogP contribution in [0.1, 0.15) is 25.0 Å². The SMILES string of the molecule is CCN(CC)CCN1CN(Cc2ccc(OC)cc2)Cc2cc(OC)c(OC)cc21. The Morgan fingerprint density at radius 3 is 2.17 bits per heavy atom. The minimum atomic E-state index is 0.784. The van der Waals surface area contributed by atoms with Crippen molar-refractivity contribution in [1.82, 2.24) is 9.80 Å². The molecule has 0 aliphatic carbocycles. The van der Waals surface area contributed by atoms with Gasteiger partial charge in [-0.3, -0.25) is 4.90 Å². The summed E-state index contributed by atoms with van der Waals surface area (Å²) in [4.78, 5) is 7.39. The van der Waals surface area contributed by atoms with Crippen LogP contribution in [0, 0.1) is 0 Å². The lowest BCUT2D eigenvalue weighted by Crippen LogP contribution is -2.45. The van der Waals surface area contributed by atoms with Gasteiger partial charge < -0.3 is 24.0 Å². The average Bonchev–Trinajstić information content (AvgIpc) is 2.79. The van der Waals surface area contributed by atoms with Crippen LogP contribution < -0.4 is 19.1 Å². The summed E-state index contributed by atoms with van der Waals surface area (Å²) in [6.45, 7) is 11.2. The maximum atomic E-state index is 5.58. The fourth-order valence-electron chi connectivity index (χ4n) is 4.03. The molecule has 1 heterocycles. The first kappa shape index (κ1) is 22.2.